The molecule has 2 aliphatic rings. The molecule has 1 aliphatic carbocycles. The molecule has 1 atom stereocenters. The van der Waals surface area contributed by atoms with Crippen molar-refractivity contribution in [2.24, 2.45) is 0 Å². The maximum Gasteiger partial charge on any atom is 0.264 e. The number of ether oxygens (including phenoxy) is 2. The Hall–Kier alpha value is -2.01. The highest BCUT2D eigenvalue weighted by atomic mass is 32.1. The van der Waals surface area contributed by atoms with Crippen LogP contribution in [0.2, 0.25) is 0 Å². The van der Waals surface area contributed by atoms with Gasteiger partial charge < -0.3 is 14.4 Å². The van der Waals surface area contributed by atoms with Gasteiger partial charge in [0, 0.05) is 23.1 Å². The molecule has 1 unspecified atom stereocenters. The lowest BCUT2D eigenvalue weighted by Gasteiger charge is -2.26. The lowest BCUT2D eigenvalue weighted by molar-refractivity contribution is 0.0739. The van der Waals surface area contributed by atoms with Gasteiger partial charge in [-0.3, -0.25) is 4.79 Å². The van der Waals surface area contributed by atoms with E-state index in [4.69, 9.17) is 9.47 Å². The zero-order valence-corrected chi connectivity index (χ0v) is 16.2. The molecule has 4 rings (SSSR count). The van der Waals surface area contributed by atoms with Crippen LogP contribution >= 0.6 is 11.3 Å². The number of carbonyl (C=O) groups is 1. The van der Waals surface area contributed by atoms with E-state index in [-0.39, 0.29) is 11.9 Å². The number of likely N-dealkylation sites (tertiary alicyclic amines) is 1. The Labute approximate surface area is 158 Å². The second-order valence-corrected chi connectivity index (χ2v) is 8.17. The van der Waals surface area contributed by atoms with E-state index >= 15 is 0 Å². The maximum absolute atomic E-state index is 13.2. The number of methoxy groups -OCH3 is 2. The van der Waals surface area contributed by atoms with Gasteiger partial charge in [-0.25, -0.2) is 0 Å². The number of rotatable bonds is 4. The van der Waals surface area contributed by atoms with Crippen LogP contribution in [0.4, 0.5) is 0 Å². The Balaban J connectivity index is 1.62. The second-order valence-electron chi connectivity index (χ2n) is 7.03. The standard InChI is InChI=1S/C21H25NO3S/c1-24-15-9-10-16(18(13-15)25-2)17-7-5-11-22(17)21(23)20-12-14-6-3-4-8-19(14)26-20/h9-10,12-13,17H,3-8,11H2,1-2H3. The fraction of sp³-hybridized carbons (Fsp3) is 0.476. The van der Waals surface area contributed by atoms with Crippen molar-refractivity contribution in [1.82, 2.24) is 4.90 Å². The normalized spacial score (nSPS) is 19.3. The van der Waals surface area contributed by atoms with Gasteiger partial charge in [-0.15, -0.1) is 11.3 Å². The molecule has 1 aromatic heterocycles. The van der Waals surface area contributed by atoms with Crippen LogP contribution in [0.25, 0.3) is 0 Å². The van der Waals surface area contributed by atoms with Gasteiger partial charge in [-0.2, -0.15) is 0 Å². The largest absolute Gasteiger partial charge is 0.497 e. The Morgan fingerprint density at radius 3 is 2.73 bits per heavy atom. The fourth-order valence-electron chi connectivity index (χ4n) is 4.16. The summed E-state index contributed by atoms with van der Waals surface area (Å²) in [5, 5.41) is 0. The third kappa shape index (κ3) is 3.09. The molecule has 0 N–H and O–H groups in total. The molecule has 2 heterocycles. The summed E-state index contributed by atoms with van der Waals surface area (Å²) in [7, 11) is 3.32. The highest BCUT2D eigenvalue weighted by molar-refractivity contribution is 7.14. The van der Waals surface area contributed by atoms with Gasteiger partial charge in [0.05, 0.1) is 25.1 Å². The zero-order chi connectivity index (χ0) is 18.1. The van der Waals surface area contributed by atoms with Crippen molar-refractivity contribution in [2.75, 3.05) is 20.8 Å². The van der Waals surface area contributed by atoms with Gasteiger partial charge in [0.1, 0.15) is 11.5 Å². The topological polar surface area (TPSA) is 38.8 Å². The predicted octanol–water partition coefficient (Wildman–Crippen LogP) is 4.62. The second kappa shape index (κ2) is 7.31. The zero-order valence-electron chi connectivity index (χ0n) is 15.4. The highest BCUT2D eigenvalue weighted by Gasteiger charge is 2.33. The minimum absolute atomic E-state index is 0.0717. The van der Waals surface area contributed by atoms with Crippen LogP contribution in [0.15, 0.2) is 24.3 Å². The summed E-state index contributed by atoms with van der Waals surface area (Å²) in [5.41, 5.74) is 2.46. The minimum Gasteiger partial charge on any atom is -0.497 e. The monoisotopic (exact) mass is 371 g/mol. The van der Waals surface area contributed by atoms with Gasteiger partial charge in [-0.05, 0) is 62.3 Å². The van der Waals surface area contributed by atoms with Crippen molar-refractivity contribution < 1.29 is 14.3 Å². The van der Waals surface area contributed by atoms with E-state index in [2.05, 4.69) is 6.07 Å². The molecule has 0 bridgehead atoms. The van der Waals surface area contributed by atoms with Gasteiger partial charge in [0.15, 0.2) is 0 Å². The lowest BCUT2D eigenvalue weighted by atomic mass is 9.99. The van der Waals surface area contributed by atoms with Crippen molar-refractivity contribution in [2.45, 2.75) is 44.6 Å². The van der Waals surface area contributed by atoms with Crippen molar-refractivity contribution in [3.8, 4) is 11.5 Å². The van der Waals surface area contributed by atoms with Crippen LogP contribution in [0, 0.1) is 0 Å². The van der Waals surface area contributed by atoms with Gasteiger partial charge >= 0.3 is 0 Å². The Kier molecular flexibility index (Phi) is 4.90. The number of hydrogen-bond acceptors (Lipinski definition) is 4. The summed E-state index contributed by atoms with van der Waals surface area (Å²) >= 11 is 1.70. The SMILES string of the molecule is COc1ccc(C2CCCN2C(=O)c2cc3c(s2)CCCC3)c(OC)c1. The van der Waals surface area contributed by atoms with Gasteiger partial charge in [0.25, 0.3) is 5.91 Å². The molecule has 1 fully saturated rings. The number of fused-ring (bicyclic) bond motifs is 1. The third-order valence-electron chi connectivity index (χ3n) is 5.52. The number of nitrogens with zero attached hydrogens (tertiary/aromatic N) is 1. The molecule has 4 nitrogen and oxygen atoms in total. The number of benzene rings is 1. The Morgan fingerprint density at radius 2 is 1.96 bits per heavy atom. The van der Waals surface area contributed by atoms with Crippen LogP contribution in [-0.4, -0.2) is 31.6 Å². The number of aryl methyl sites for hydroxylation is 2. The summed E-state index contributed by atoms with van der Waals surface area (Å²) in [5.74, 6) is 1.73. The molecular formula is C21H25NO3S. The van der Waals surface area contributed by atoms with E-state index in [0.29, 0.717) is 0 Å². The van der Waals surface area contributed by atoms with Crippen molar-refractivity contribution in [3.05, 3.63) is 45.1 Å². The summed E-state index contributed by atoms with van der Waals surface area (Å²) in [6.07, 6.45) is 6.73. The van der Waals surface area contributed by atoms with Crippen molar-refractivity contribution in [3.63, 3.8) is 0 Å². The summed E-state index contributed by atoms with van der Waals surface area (Å²) in [4.78, 5) is 17.6. The first-order valence-corrected chi connectivity index (χ1v) is 10.2. The van der Waals surface area contributed by atoms with E-state index in [1.54, 1.807) is 25.6 Å². The van der Waals surface area contributed by atoms with Crippen LogP contribution < -0.4 is 9.47 Å². The molecule has 1 aliphatic heterocycles. The Morgan fingerprint density at radius 1 is 1.12 bits per heavy atom. The maximum atomic E-state index is 13.2. The first-order chi connectivity index (χ1) is 12.7. The molecule has 0 radical (unpaired) electrons. The molecular weight excluding hydrogens is 346 g/mol. The van der Waals surface area contributed by atoms with Crippen molar-refractivity contribution in [1.29, 1.82) is 0 Å². The number of carbonyl (C=O) groups excluding carboxylic acids is 1. The minimum atomic E-state index is 0.0717. The molecule has 1 saturated heterocycles. The van der Waals surface area contributed by atoms with E-state index < -0.39 is 0 Å². The molecule has 5 heteroatoms. The first-order valence-electron chi connectivity index (χ1n) is 9.35. The molecule has 1 aromatic carbocycles. The van der Waals surface area contributed by atoms with E-state index in [1.165, 1.54) is 23.3 Å². The number of amides is 1. The van der Waals surface area contributed by atoms with Crippen LogP contribution in [-0.2, 0) is 12.8 Å². The molecule has 26 heavy (non-hydrogen) atoms. The van der Waals surface area contributed by atoms with Crippen LogP contribution in [0.5, 0.6) is 11.5 Å². The predicted molar refractivity (Wildman–Crippen MR) is 104 cm³/mol. The smallest absolute Gasteiger partial charge is 0.264 e. The lowest BCUT2D eigenvalue weighted by Crippen LogP contribution is -2.30. The van der Waals surface area contributed by atoms with Gasteiger partial charge in [-0.1, -0.05) is 0 Å². The number of hydrogen-bond donors (Lipinski definition) is 0. The summed E-state index contributed by atoms with van der Waals surface area (Å²) in [6, 6.07) is 8.10. The molecule has 0 saturated carbocycles. The summed E-state index contributed by atoms with van der Waals surface area (Å²) < 4.78 is 10.9. The summed E-state index contributed by atoms with van der Waals surface area (Å²) in [6.45, 7) is 0.807. The highest BCUT2D eigenvalue weighted by Crippen LogP contribution is 2.40. The van der Waals surface area contributed by atoms with Crippen LogP contribution in [0.1, 0.15) is 57.4 Å². The molecule has 138 valence electrons. The van der Waals surface area contributed by atoms with Gasteiger partial charge in [0.2, 0.25) is 0 Å². The van der Waals surface area contributed by atoms with E-state index in [0.717, 1.165) is 54.2 Å². The Bertz CT molecular complexity index is 790. The quantitative estimate of drug-likeness (QED) is 0.787. The van der Waals surface area contributed by atoms with Crippen molar-refractivity contribution >= 4 is 17.2 Å². The van der Waals surface area contributed by atoms with E-state index in [9.17, 15) is 4.79 Å². The fourth-order valence-corrected chi connectivity index (χ4v) is 5.37. The third-order valence-corrected chi connectivity index (χ3v) is 6.75. The van der Waals surface area contributed by atoms with Crippen LogP contribution in [0.3, 0.4) is 0 Å². The molecule has 2 aromatic rings. The molecule has 1 amide bonds. The average Bonchev–Trinajstić information content (AvgIpc) is 3.33. The first kappa shape index (κ1) is 17.4. The average molecular weight is 372 g/mol. The number of thiophene rings is 1. The molecule has 0 spiro atoms. The van der Waals surface area contributed by atoms with E-state index in [1.807, 2.05) is 23.1 Å².